The molecular formula is C21H27N5O. The number of anilines is 2. The van der Waals surface area contributed by atoms with Crippen molar-refractivity contribution in [3.8, 4) is 11.3 Å². The van der Waals surface area contributed by atoms with Crippen LogP contribution in [0.1, 0.15) is 44.9 Å². The Hall–Kier alpha value is -2.63. The molecule has 27 heavy (non-hydrogen) atoms. The van der Waals surface area contributed by atoms with E-state index in [1.165, 1.54) is 32.1 Å². The maximum Gasteiger partial charge on any atom is 0.319 e. The number of rotatable bonds is 4. The van der Waals surface area contributed by atoms with Crippen molar-refractivity contribution in [3.05, 3.63) is 36.4 Å². The van der Waals surface area contributed by atoms with Crippen molar-refractivity contribution in [1.82, 2.24) is 15.5 Å². The average Bonchev–Trinajstić information content (AvgIpc) is 3.24. The lowest BCUT2D eigenvalue weighted by molar-refractivity contribution is 0.244. The molecule has 6 nitrogen and oxygen atoms in total. The minimum absolute atomic E-state index is 0.121. The predicted molar refractivity (Wildman–Crippen MR) is 108 cm³/mol. The van der Waals surface area contributed by atoms with Crippen LogP contribution in [0, 0.1) is 0 Å². The summed E-state index contributed by atoms with van der Waals surface area (Å²) in [4.78, 5) is 14.4. The molecule has 1 aromatic carbocycles. The van der Waals surface area contributed by atoms with Crippen molar-refractivity contribution in [3.63, 3.8) is 0 Å². The van der Waals surface area contributed by atoms with Crippen LogP contribution in [0.5, 0.6) is 0 Å². The van der Waals surface area contributed by atoms with E-state index in [9.17, 15) is 4.79 Å². The van der Waals surface area contributed by atoms with Gasteiger partial charge in [-0.1, -0.05) is 31.4 Å². The normalized spacial score (nSPS) is 17.7. The molecule has 0 bridgehead atoms. The predicted octanol–water partition coefficient (Wildman–Crippen LogP) is 4.20. The smallest absolute Gasteiger partial charge is 0.319 e. The Bertz CT molecular complexity index is 747. The highest BCUT2D eigenvalue weighted by Crippen LogP contribution is 2.22. The van der Waals surface area contributed by atoms with Crippen LogP contribution in [0.4, 0.5) is 16.3 Å². The van der Waals surface area contributed by atoms with Crippen molar-refractivity contribution in [1.29, 1.82) is 0 Å². The number of amides is 2. The van der Waals surface area contributed by atoms with Gasteiger partial charge in [0.05, 0.1) is 5.69 Å². The SMILES string of the molecule is O=C(Nc1ccc(-c2ccc(N3CCCC3)nn2)cc1)NC1CCCCC1. The molecule has 1 aliphatic carbocycles. The minimum Gasteiger partial charge on any atom is -0.355 e. The molecule has 1 saturated heterocycles. The van der Waals surface area contributed by atoms with Gasteiger partial charge in [-0.05, 0) is 49.9 Å². The third-order valence-corrected chi connectivity index (χ3v) is 5.46. The Morgan fingerprint density at radius 3 is 2.30 bits per heavy atom. The molecule has 6 heteroatoms. The first-order chi connectivity index (χ1) is 13.3. The molecule has 2 heterocycles. The summed E-state index contributed by atoms with van der Waals surface area (Å²) in [5.41, 5.74) is 2.62. The Morgan fingerprint density at radius 2 is 1.63 bits per heavy atom. The molecule has 0 radical (unpaired) electrons. The summed E-state index contributed by atoms with van der Waals surface area (Å²) >= 11 is 0. The molecule has 2 aromatic rings. The van der Waals surface area contributed by atoms with E-state index in [4.69, 9.17) is 0 Å². The zero-order chi connectivity index (χ0) is 18.5. The van der Waals surface area contributed by atoms with Crippen LogP contribution in [-0.2, 0) is 0 Å². The summed E-state index contributed by atoms with van der Waals surface area (Å²) in [7, 11) is 0. The van der Waals surface area contributed by atoms with Gasteiger partial charge in [0, 0.05) is 30.4 Å². The largest absolute Gasteiger partial charge is 0.355 e. The number of carbonyl (C=O) groups excluding carboxylic acids is 1. The van der Waals surface area contributed by atoms with Crippen LogP contribution < -0.4 is 15.5 Å². The quantitative estimate of drug-likeness (QED) is 0.852. The van der Waals surface area contributed by atoms with Crippen molar-refractivity contribution in [2.24, 2.45) is 0 Å². The highest BCUT2D eigenvalue weighted by molar-refractivity contribution is 5.89. The highest BCUT2D eigenvalue weighted by atomic mass is 16.2. The molecule has 0 atom stereocenters. The fourth-order valence-electron chi connectivity index (χ4n) is 3.92. The van der Waals surface area contributed by atoms with Crippen LogP contribution in [0.25, 0.3) is 11.3 Å². The number of nitrogens with one attached hydrogen (secondary N) is 2. The number of nitrogens with zero attached hydrogens (tertiary/aromatic N) is 3. The monoisotopic (exact) mass is 365 g/mol. The van der Waals surface area contributed by atoms with Crippen LogP contribution >= 0.6 is 0 Å². The summed E-state index contributed by atoms with van der Waals surface area (Å²) in [5, 5.41) is 14.7. The van der Waals surface area contributed by atoms with Crippen LogP contribution in [0.15, 0.2) is 36.4 Å². The summed E-state index contributed by atoms with van der Waals surface area (Å²) in [5.74, 6) is 0.953. The molecule has 2 fully saturated rings. The van der Waals surface area contributed by atoms with Gasteiger partial charge in [0.15, 0.2) is 5.82 Å². The molecule has 0 unspecified atom stereocenters. The van der Waals surface area contributed by atoms with Gasteiger partial charge in [-0.15, -0.1) is 10.2 Å². The van der Waals surface area contributed by atoms with Gasteiger partial charge in [0.25, 0.3) is 0 Å². The van der Waals surface area contributed by atoms with Gasteiger partial charge in [-0.25, -0.2) is 4.79 Å². The third-order valence-electron chi connectivity index (χ3n) is 5.46. The number of hydrogen-bond donors (Lipinski definition) is 2. The second-order valence-corrected chi connectivity index (χ2v) is 7.48. The summed E-state index contributed by atoms with van der Waals surface area (Å²) in [6.07, 6.45) is 8.31. The fraction of sp³-hybridized carbons (Fsp3) is 0.476. The average molecular weight is 365 g/mol. The first kappa shape index (κ1) is 17.8. The topological polar surface area (TPSA) is 70.2 Å². The van der Waals surface area contributed by atoms with E-state index in [0.29, 0.717) is 6.04 Å². The van der Waals surface area contributed by atoms with Gasteiger partial charge < -0.3 is 15.5 Å². The van der Waals surface area contributed by atoms with Gasteiger partial charge in [-0.2, -0.15) is 0 Å². The number of benzene rings is 1. The highest BCUT2D eigenvalue weighted by Gasteiger charge is 2.16. The van der Waals surface area contributed by atoms with E-state index in [2.05, 4.69) is 25.7 Å². The molecule has 2 N–H and O–H groups in total. The fourth-order valence-corrected chi connectivity index (χ4v) is 3.92. The van der Waals surface area contributed by atoms with E-state index < -0.39 is 0 Å². The van der Waals surface area contributed by atoms with Crippen molar-refractivity contribution in [2.75, 3.05) is 23.3 Å². The lowest BCUT2D eigenvalue weighted by Gasteiger charge is -2.22. The first-order valence-electron chi connectivity index (χ1n) is 10.0. The number of aromatic nitrogens is 2. The maximum absolute atomic E-state index is 12.1. The third kappa shape index (κ3) is 4.56. The summed E-state index contributed by atoms with van der Waals surface area (Å²) in [6.45, 7) is 2.13. The molecule has 1 aliphatic heterocycles. The molecule has 142 valence electrons. The van der Waals surface area contributed by atoms with E-state index >= 15 is 0 Å². The number of hydrogen-bond acceptors (Lipinski definition) is 4. The van der Waals surface area contributed by atoms with Crippen molar-refractivity contribution < 1.29 is 4.79 Å². The lowest BCUT2D eigenvalue weighted by Crippen LogP contribution is -2.38. The van der Waals surface area contributed by atoms with Gasteiger partial charge in [0.2, 0.25) is 0 Å². The zero-order valence-corrected chi connectivity index (χ0v) is 15.7. The Balaban J connectivity index is 1.34. The van der Waals surface area contributed by atoms with E-state index in [0.717, 1.165) is 48.7 Å². The summed E-state index contributed by atoms with van der Waals surface area (Å²) < 4.78 is 0. The molecule has 2 amide bonds. The molecule has 1 saturated carbocycles. The molecule has 0 spiro atoms. The van der Waals surface area contributed by atoms with E-state index in [1.54, 1.807) is 0 Å². The Morgan fingerprint density at radius 1 is 0.889 bits per heavy atom. The molecular weight excluding hydrogens is 338 g/mol. The van der Waals surface area contributed by atoms with Gasteiger partial charge in [-0.3, -0.25) is 0 Å². The van der Waals surface area contributed by atoms with E-state index in [-0.39, 0.29) is 6.03 Å². The van der Waals surface area contributed by atoms with Gasteiger partial charge >= 0.3 is 6.03 Å². The standard InChI is InChI=1S/C21H27N5O/c27-21(22-17-6-2-1-3-7-17)23-18-10-8-16(9-11-18)19-12-13-20(25-24-19)26-14-4-5-15-26/h8-13,17H,1-7,14-15H2,(H2,22,23,27). The Kier molecular flexibility index (Phi) is 5.51. The maximum atomic E-state index is 12.1. The minimum atomic E-state index is -0.121. The van der Waals surface area contributed by atoms with Crippen molar-refractivity contribution >= 4 is 17.5 Å². The van der Waals surface area contributed by atoms with Crippen LogP contribution in [0.2, 0.25) is 0 Å². The Labute approximate surface area is 160 Å². The van der Waals surface area contributed by atoms with Gasteiger partial charge in [0.1, 0.15) is 0 Å². The van der Waals surface area contributed by atoms with E-state index in [1.807, 2.05) is 36.4 Å². The first-order valence-corrected chi connectivity index (χ1v) is 10.0. The number of carbonyl (C=O) groups is 1. The zero-order valence-electron chi connectivity index (χ0n) is 15.7. The van der Waals surface area contributed by atoms with Crippen LogP contribution in [-0.4, -0.2) is 35.4 Å². The van der Waals surface area contributed by atoms with Crippen molar-refractivity contribution in [2.45, 2.75) is 51.0 Å². The lowest BCUT2D eigenvalue weighted by atomic mass is 9.96. The molecule has 1 aromatic heterocycles. The number of urea groups is 1. The second kappa shape index (κ2) is 8.37. The molecule has 4 rings (SSSR count). The van der Waals surface area contributed by atoms with Crippen LogP contribution in [0.3, 0.4) is 0 Å². The summed E-state index contributed by atoms with van der Waals surface area (Å²) in [6, 6.07) is 12.0. The molecule has 2 aliphatic rings. The second-order valence-electron chi connectivity index (χ2n) is 7.48.